The number of ether oxygens (including phenoxy) is 1. The monoisotopic (exact) mass is 239 g/mol. The third kappa shape index (κ3) is 2.14. The number of benzene rings is 1. The molecule has 1 N–H and O–H groups in total. The fraction of sp³-hybridized carbons (Fsp3) is 0.417. The zero-order valence-corrected chi connectivity index (χ0v) is 9.88. The van der Waals surface area contributed by atoms with Gasteiger partial charge in [-0.3, -0.25) is 4.79 Å². The summed E-state index contributed by atoms with van der Waals surface area (Å²) in [5, 5.41) is 3.96. The molecule has 4 heteroatoms. The number of carbonyl (C=O) groups excluding carboxylic acids is 1. The molecule has 1 aliphatic heterocycles. The van der Waals surface area contributed by atoms with Crippen LogP contribution in [0.5, 0.6) is 0 Å². The van der Waals surface area contributed by atoms with Gasteiger partial charge in [0.15, 0.2) is 0 Å². The second-order valence-electron chi connectivity index (χ2n) is 3.88. The second kappa shape index (κ2) is 4.74. The standard InChI is InChI=1S/C12H14ClNO2/c1-16-12(15)10-3-2-6-14-11-7-8(13)4-5-9(10)11/h4-5,7,10,14H,2-3,6H2,1H3. The highest BCUT2D eigenvalue weighted by atomic mass is 35.5. The fourth-order valence-electron chi connectivity index (χ4n) is 2.06. The number of esters is 1. The SMILES string of the molecule is COC(=O)C1CCCNc2cc(Cl)ccc21. The van der Waals surface area contributed by atoms with Gasteiger partial charge in [0.2, 0.25) is 0 Å². The van der Waals surface area contributed by atoms with Crippen LogP contribution in [-0.4, -0.2) is 19.6 Å². The third-order valence-electron chi connectivity index (χ3n) is 2.86. The molecule has 1 aromatic rings. The van der Waals surface area contributed by atoms with Gasteiger partial charge in [-0.15, -0.1) is 0 Å². The van der Waals surface area contributed by atoms with Crippen LogP contribution in [0.4, 0.5) is 5.69 Å². The van der Waals surface area contributed by atoms with Crippen LogP contribution in [0.1, 0.15) is 24.3 Å². The number of rotatable bonds is 1. The zero-order chi connectivity index (χ0) is 11.5. The lowest BCUT2D eigenvalue weighted by molar-refractivity contribution is -0.142. The van der Waals surface area contributed by atoms with E-state index in [1.807, 2.05) is 18.2 Å². The van der Waals surface area contributed by atoms with Crippen molar-refractivity contribution >= 4 is 23.3 Å². The first-order chi connectivity index (χ1) is 7.72. The Morgan fingerprint density at radius 1 is 1.56 bits per heavy atom. The Morgan fingerprint density at radius 2 is 2.38 bits per heavy atom. The Labute approximate surface area is 99.7 Å². The van der Waals surface area contributed by atoms with Crippen LogP contribution in [0.2, 0.25) is 5.02 Å². The summed E-state index contributed by atoms with van der Waals surface area (Å²) < 4.78 is 4.83. The molecule has 16 heavy (non-hydrogen) atoms. The molecule has 1 aliphatic rings. The highest BCUT2D eigenvalue weighted by Gasteiger charge is 2.25. The Hall–Kier alpha value is -1.22. The maximum atomic E-state index is 11.7. The van der Waals surface area contributed by atoms with E-state index >= 15 is 0 Å². The fourth-order valence-corrected chi connectivity index (χ4v) is 2.23. The molecule has 1 atom stereocenters. The summed E-state index contributed by atoms with van der Waals surface area (Å²) in [6.07, 6.45) is 1.76. The van der Waals surface area contributed by atoms with Gasteiger partial charge in [0, 0.05) is 17.3 Å². The van der Waals surface area contributed by atoms with Gasteiger partial charge in [-0.2, -0.15) is 0 Å². The highest BCUT2D eigenvalue weighted by Crippen LogP contribution is 2.33. The van der Waals surface area contributed by atoms with Crippen LogP contribution in [0, 0.1) is 0 Å². The zero-order valence-electron chi connectivity index (χ0n) is 9.13. The molecule has 0 amide bonds. The van der Waals surface area contributed by atoms with E-state index in [-0.39, 0.29) is 11.9 Å². The minimum absolute atomic E-state index is 0.174. The number of halogens is 1. The lowest BCUT2D eigenvalue weighted by atomic mass is 9.94. The van der Waals surface area contributed by atoms with Crippen molar-refractivity contribution in [3.05, 3.63) is 28.8 Å². The van der Waals surface area contributed by atoms with Gasteiger partial charge in [0.25, 0.3) is 0 Å². The molecule has 0 aromatic heterocycles. The number of carbonyl (C=O) groups is 1. The largest absolute Gasteiger partial charge is 0.469 e. The van der Waals surface area contributed by atoms with E-state index in [9.17, 15) is 4.79 Å². The van der Waals surface area contributed by atoms with Gasteiger partial charge in [0.1, 0.15) is 0 Å². The van der Waals surface area contributed by atoms with Crippen LogP contribution in [0.15, 0.2) is 18.2 Å². The van der Waals surface area contributed by atoms with Crippen molar-refractivity contribution in [2.45, 2.75) is 18.8 Å². The summed E-state index contributed by atoms with van der Waals surface area (Å²) in [6, 6.07) is 5.57. The van der Waals surface area contributed by atoms with Crippen molar-refractivity contribution in [2.24, 2.45) is 0 Å². The van der Waals surface area contributed by atoms with Crippen molar-refractivity contribution in [1.82, 2.24) is 0 Å². The number of hydrogen-bond acceptors (Lipinski definition) is 3. The summed E-state index contributed by atoms with van der Waals surface area (Å²) in [4.78, 5) is 11.7. The molecule has 0 fully saturated rings. The van der Waals surface area contributed by atoms with Crippen molar-refractivity contribution in [1.29, 1.82) is 0 Å². The van der Waals surface area contributed by atoms with Crippen LogP contribution < -0.4 is 5.32 Å². The quantitative estimate of drug-likeness (QED) is 0.766. The van der Waals surface area contributed by atoms with Gasteiger partial charge < -0.3 is 10.1 Å². The van der Waals surface area contributed by atoms with Gasteiger partial charge in [-0.25, -0.2) is 0 Å². The molecule has 0 bridgehead atoms. The number of hydrogen-bond donors (Lipinski definition) is 1. The Balaban J connectivity index is 2.40. The average molecular weight is 240 g/mol. The maximum absolute atomic E-state index is 11.7. The smallest absolute Gasteiger partial charge is 0.313 e. The molecular weight excluding hydrogens is 226 g/mol. The molecule has 0 saturated carbocycles. The highest BCUT2D eigenvalue weighted by molar-refractivity contribution is 6.30. The summed E-state index contributed by atoms with van der Waals surface area (Å²) in [5.74, 6) is -0.348. The van der Waals surface area contributed by atoms with Crippen LogP contribution in [0.25, 0.3) is 0 Å². The molecule has 1 heterocycles. The predicted octanol–water partition coefficient (Wildman–Crippen LogP) is 2.80. The van der Waals surface area contributed by atoms with Crippen LogP contribution in [-0.2, 0) is 9.53 Å². The van der Waals surface area contributed by atoms with E-state index in [4.69, 9.17) is 16.3 Å². The van der Waals surface area contributed by atoms with E-state index in [0.29, 0.717) is 5.02 Å². The average Bonchev–Trinajstić information content (AvgIpc) is 2.49. The van der Waals surface area contributed by atoms with Crippen LogP contribution in [0.3, 0.4) is 0 Å². The lowest BCUT2D eigenvalue weighted by Crippen LogP contribution is -2.13. The van der Waals surface area contributed by atoms with Crippen molar-refractivity contribution < 1.29 is 9.53 Å². The Bertz CT molecular complexity index is 406. The molecular formula is C12H14ClNO2. The van der Waals surface area contributed by atoms with E-state index in [1.54, 1.807) is 0 Å². The topological polar surface area (TPSA) is 38.3 Å². The van der Waals surface area contributed by atoms with Gasteiger partial charge >= 0.3 is 5.97 Å². The Morgan fingerprint density at radius 3 is 3.12 bits per heavy atom. The lowest BCUT2D eigenvalue weighted by Gasteiger charge is -2.15. The molecule has 0 radical (unpaired) electrons. The first-order valence-corrected chi connectivity index (χ1v) is 5.71. The van der Waals surface area contributed by atoms with Crippen molar-refractivity contribution in [3.8, 4) is 0 Å². The minimum atomic E-state index is -0.174. The number of anilines is 1. The summed E-state index contributed by atoms with van der Waals surface area (Å²) in [6.45, 7) is 0.862. The van der Waals surface area contributed by atoms with Crippen LogP contribution >= 0.6 is 11.6 Å². The summed E-state index contributed by atoms with van der Waals surface area (Å²) in [5.41, 5.74) is 1.93. The predicted molar refractivity (Wildman–Crippen MR) is 63.9 cm³/mol. The minimum Gasteiger partial charge on any atom is -0.469 e. The summed E-state index contributed by atoms with van der Waals surface area (Å²) >= 11 is 5.93. The number of methoxy groups -OCH3 is 1. The molecule has 3 nitrogen and oxygen atoms in total. The molecule has 0 spiro atoms. The van der Waals surface area contributed by atoms with E-state index in [1.165, 1.54) is 7.11 Å². The first-order valence-electron chi connectivity index (χ1n) is 5.33. The molecule has 1 aromatic carbocycles. The third-order valence-corrected chi connectivity index (χ3v) is 3.10. The normalized spacial score (nSPS) is 19.2. The van der Waals surface area contributed by atoms with E-state index in [0.717, 1.165) is 30.6 Å². The van der Waals surface area contributed by atoms with Gasteiger partial charge in [-0.05, 0) is 30.5 Å². The number of nitrogens with one attached hydrogen (secondary N) is 1. The molecule has 0 saturated heterocycles. The molecule has 0 aliphatic carbocycles. The maximum Gasteiger partial charge on any atom is 0.313 e. The molecule has 2 rings (SSSR count). The van der Waals surface area contributed by atoms with Gasteiger partial charge in [-0.1, -0.05) is 17.7 Å². The van der Waals surface area contributed by atoms with Crippen molar-refractivity contribution in [3.63, 3.8) is 0 Å². The molecule has 86 valence electrons. The van der Waals surface area contributed by atoms with Gasteiger partial charge in [0.05, 0.1) is 13.0 Å². The van der Waals surface area contributed by atoms with E-state index < -0.39 is 0 Å². The first kappa shape index (κ1) is 11.3. The van der Waals surface area contributed by atoms with Crippen molar-refractivity contribution in [2.75, 3.05) is 19.0 Å². The second-order valence-corrected chi connectivity index (χ2v) is 4.31. The molecule has 1 unspecified atom stereocenters. The number of fused-ring (bicyclic) bond motifs is 1. The van der Waals surface area contributed by atoms with E-state index in [2.05, 4.69) is 5.32 Å². The Kier molecular flexibility index (Phi) is 3.34. The summed E-state index contributed by atoms with van der Waals surface area (Å²) in [7, 11) is 1.43.